The Morgan fingerprint density at radius 2 is 1.66 bits per heavy atom. The Morgan fingerprint density at radius 1 is 0.854 bits per heavy atom. The van der Waals surface area contributed by atoms with E-state index >= 15 is 0 Å². The Balaban J connectivity index is 1.23. The minimum absolute atomic E-state index is 0.273. The Bertz CT molecular complexity index is 1290. The van der Waals surface area contributed by atoms with E-state index in [-0.39, 0.29) is 6.10 Å². The monoisotopic (exact) mass is 552 g/mol. The Labute approximate surface area is 245 Å². The number of hydrogen-bond donors (Lipinski definition) is 0. The first-order chi connectivity index (χ1) is 20.2. The van der Waals surface area contributed by atoms with Gasteiger partial charge >= 0.3 is 0 Å². The first-order valence-corrected chi connectivity index (χ1v) is 15.8. The third kappa shape index (κ3) is 6.04. The van der Waals surface area contributed by atoms with Crippen LogP contribution < -0.4 is 9.47 Å². The van der Waals surface area contributed by atoms with Crippen molar-refractivity contribution in [2.75, 3.05) is 33.4 Å². The zero-order chi connectivity index (χ0) is 27.6. The molecule has 5 nitrogen and oxygen atoms in total. The molecule has 4 heterocycles. The molecule has 3 fully saturated rings. The summed E-state index contributed by atoms with van der Waals surface area (Å²) in [5.74, 6) is 3.97. The van der Waals surface area contributed by atoms with Crippen LogP contribution >= 0.6 is 0 Å². The molecule has 41 heavy (non-hydrogen) atoms. The molecule has 2 saturated heterocycles. The zero-order valence-electron chi connectivity index (χ0n) is 24.4. The Hall–Kier alpha value is -2.86. The van der Waals surface area contributed by atoms with E-state index in [1.807, 2.05) is 30.3 Å². The lowest BCUT2D eigenvalue weighted by Gasteiger charge is -2.40. The Kier molecular flexibility index (Phi) is 8.01. The van der Waals surface area contributed by atoms with Crippen LogP contribution in [0.5, 0.6) is 17.2 Å². The second-order valence-electron chi connectivity index (χ2n) is 12.6. The fraction of sp³-hybridized carbons (Fsp3) is 0.500. The number of para-hydroxylation sites is 1. The SMILES string of the molecule is COc1ccc2c(c1Oc1ccccc1)CCO[C@@H]1CN(Cc3ccccc3)C3CCC(C2)N(CC2CC2)CCC31. The molecule has 216 valence electrons. The standard InChI is InChI=1S/C36H44N2O3/c1-39-34-17-14-28-22-29-15-16-33-32(18-20-37(29)23-27-12-13-27)35(25-38(33)24-26-8-4-2-5-9-26)40-21-19-31(28)36(34)41-30-10-6-3-7-11-30/h2-11,14,17,27,29,32-33,35H,12-13,15-16,18-25H2,1H3/t29?,32?,33?,35-/m1/s1. The lowest BCUT2D eigenvalue weighted by Crippen LogP contribution is -2.45. The van der Waals surface area contributed by atoms with E-state index in [1.54, 1.807) is 7.11 Å². The average Bonchev–Trinajstić information content (AvgIpc) is 3.75. The van der Waals surface area contributed by atoms with E-state index in [4.69, 9.17) is 14.2 Å². The second-order valence-corrected chi connectivity index (χ2v) is 12.6. The molecule has 8 rings (SSSR count). The molecule has 5 aliphatic rings. The van der Waals surface area contributed by atoms with E-state index in [1.165, 1.54) is 61.9 Å². The molecule has 1 saturated carbocycles. The molecule has 0 spiro atoms. The van der Waals surface area contributed by atoms with Gasteiger partial charge in [0.15, 0.2) is 11.5 Å². The lowest BCUT2D eigenvalue weighted by molar-refractivity contribution is 0.0196. The molecular weight excluding hydrogens is 508 g/mol. The van der Waals surface area contributed by atoms with Crippen molar-refractivity contribution >= 4 is 0 Å². The summed E-state index contributed by atoms with van der Waals surface area (Å²) in [5.41, 5.74) is 4.04. The van der Waals surface area contributed by atoms with Gasteiger partial charge < -0.3 is 14.2 Å². The van der Waals surface area contributed by atoms with Crippen LogP contribution in [0.25, 0.3) is 0 Å². The minimum Gasteiger partial charge on any atom is -0.493 e. The van der Waals surface area contributed by atoms with Gasteiger partial charge in [0.05, 0.1) is 19.8 Å². The predicted molar refractivity (Wildman–Crippen MR) is 163 cm³/mol. The van der Waals surface area contributed by atoms with Gasteiger partial charge in [0.1, 0.15) is 5.75 Å². The van der Waals surface area contributed by atoms with Crippen LogP contribution in [-0.2, 0) is 24.1 Å². The highest BCUT2D eigenvalue weighted by Crippen LogP contribution is 2.42. The van der Waals surface area contributed by atoms with Crippen LogP contribution in [0, 0.1) is 11.8 Å². The van der Waals surface area contributed by atoms with Crippen molar-refractivity contribution < 1.29 is 14.2 Å². The summed E-state index contributed by atoms with van der Waals surface area (Å²) >= 11 is 0. The number of ether oxygens (including phenoxy) is 3. The smallest absolute Gasteiger partial charge is 0.172 e. The summed E-state index contributed by atoms with van der Waals surface area (Å²) in [6, 6.07) is 26.7. The van der Waals surface area contributed by atoms with Gasteiger partial charge in [0.25, 0.3) is 0 Å². The highest BCUT2D eigenvalue weighted by molar-refractivity contribution is 5.53. The van der Waals surface area contributed by atoms with Crippen LogP contribution in [0.2, 0.25) is 0 Å². The summed E-state index contributed by atoms with van der Waals surface area (Å²) < 4.78 is 19.3. The van der Waals surface area contributed by atoms with Crippen molar-refractivity contribution in [1.82, 2.24) is 9.80 Å². The summed E-state index contributed by atoms with van der Waals surface area (Å²) in [7, 11) is 1.74. The molecule has 0 aromatic heterocycles. The molecule has 4 aliphatic heterocycles. The number of likely N-dealkylation sites (tertiary alicyclic amines) is 1. The fourth-order valence-electron chi connectivity index (χ4n) is 7.68. The third-order valence-corrected chi connectivity index (χ3v) is 9.98. The summed E-state index contributed by atoms with van der Waals surface area (Å²) in [6.45, 7) is 5.18. The summed E-state index contributed by atoms with van der Waals surface area (Å²) in [4.78, 5) is 5.61. The molecule has 1 aliphatic carbocycles. The maximum Gasteiger partial charge on any atom is 0.172 e. The molecule has 3 aromatic carbocycles. The van der Waals surface area contributed by atoms with Crippen LogP contribution in [0.1, 0.15) is 48.8 Å². The van der Waals surface area contributed by atoms with Crippen LogP contribution in [0.15, 0.2) is 72.8 Å². The highest BCUT2D eigenvalue weighted by atomic mass is 16.5. The highest BCUT2D eigenvalue weighted by Gasteiger charge is 2.44. The largest absolute Gasteiger partial charge is 0.493 e. The van der Waals surface area contributed by atoms with Gasteiger partial charge in [-0.2, -0.15) is 0 Å². The Morgan fingerprint density at radius 3 is 2.44 bits per heavy atom. The van der Waals surface area contributed by atoms with Gasteiger partial charge in [-0.3, -0.25) is 9.80 Å². The van der Waals surface area contributed by atoms with E-state index in [9.17, 15) is 0 Å². The average molecular weight is 553 g/mol. The number of hydrogen-bond acceptors (Lipinski definition) is 5. The number of benzene rings is 3. The molecule has 4 bridgehead atoms. The molecule has 0 N–H and O–H groups in total. The first kappa shape index (κ1) is 27.0. The quantitative estimate of drug-likeness (QED) is 0.324. The number of fused-ring (bicyclic) bond motifs is 5. The van der Waals surface area contributed by atoms with Gasteiger partial charge in [-0.25, -0.2) is 0 Å². The van der Waals surface area contributed by atoms with E-state index < -0.39 is 0 Å². The molecule has 0 amide bonds. The van der Waals surface area contributed by atoms with Crippen LogP contribution in [0.4, 0.5) is 0 Å². The van der Waals surface area contributed by atoms with Gasteiger partial charge in [0, 0.05) is 43.2 Å². The normalized spacial score (nSPS) is 27.0. The van der Waals surface area contributed by atoms with Crippen molar-refractivity contribution in [2.45, 2.75) is 69.7 Å². The van der Waals surface area contributed by atoms with Crippen LogP contribution in [0.3, 0.4) is 0 Å². The van der Waals surface area contributed by atoms with Gasteiger partial charge in [-0.15, -0.1) is 0 Å². The zero-order valence-corrected chi connectivity index (χ0v) is 24.4. The van der Waals surface area contributed by atoms with E-state index in [0.29, 0.717) is 24.6 Å². The molecule has 0 radical (unpaired) electrons. The van der Waals surface area contributed by atoms with E-state index in [0.717, 1.165) is 49.1 Å². The topological polar surface area (TPSA) is 34.2 Å². The number of nitrogens with zero attached hydrogens (tertiary/aromatic N) is 2. The predicted octanol–water partition coefficient (Wildman–Crippen LogP) is 6.74. The lowest BCUT2D eigenvalue weighted by atomic mass is 9.84. The van der Waals surface area contributed by atoms with Gasteiger partial charge in [-0.05, 0) is 86.7 Å². The van der Waals surface area contributed by atoms with Gasteiger partial charge in [-0.1, -0.05) is 54.6 Å². The maximum absolute atomic E-state index is 6.86. The summed E-state index contributed by atoms with van der Waals surface area (Å²) in [6.07, 6.45) is 8.65. The first-order valence-electron chi connectivity index (χ1n) is 15.8. The fourth-order valence-corrected chi connectivity index (χ4v) is 7.68. The van der Waals surface area contributed by atoms with Crippen molar-refractivity contribution in [3.8, 4) is 17.2 Å². The molecule has 5 heteroatoms. The number of rotatable bonds is 7. The molecular formula is C36H44N2O3. The van der Waals surface area contributed by atoms with Crippen LogP contribution in [-0.4, -0.2) is 61.3 Å². The second kappa shape index (κ2) is 12.2. The minimum atomic E-state index is 0.273. The molecule has 3 unspecified atom stereocenters. The van der Waals surface area contributed by atoms with E-state index in [2.05, 4.69) is 52.3 Å². The van der Waals surface area contributed by atoms with Crippen molar-refractivity contribution in [2.24, 2.45) is 11.8 Å². The third-order valence-electron chi connectivity index (χ3n) is 9.98. The molecule has 3 aromatic rings. The van der Waals surface area contributed by atoms with Crippen molar-refractivity contribution in [1.29, 1.82) is 0 Å². The van der Waals surface area contributed by atoms with Gasteiger partial charge in [0.2, 0.25) is 0 Å². The van der Waals surface area contributed by atoms with Crippen molar-refractivity contribution in [3.63, 3.8) is 0 Å². The molecule has 4 atom stereocenters. The summed E-state index contributed by atoms with van der Waals surface area (Å²) in [5, 5.41) is 0. The maximum atomic E-state index is 6.86. The van der Waals surface area contributed by atoms with Crippen molar-refractivity contribution in [3.05, 3.63) is 89.5 Å². The number of methoxy groups -OCH3 is 1.